The van der Waals surface area contributed by atoms with E-state index < -0.39 is 0 Å². The van der Waals surface area contributed by atoms with E-state index in [1.54, 1.807) is 11.1 Å². The normalized spacial score (nSPS) is 20.4. The van der Waals surface area contributed by atoms with Gasteiger partial charge >= 0.3 is 0 Å². The number of amides is 1. The maximum Gasteiger partial charge on any atom is 0.255 e. The second kappa shape index (κ2) is 5.79. The zero-order chi connectivity index (χ0) is 13.9. The summed E-state index contributed by atoms with van der Waals surface area (Å²) < 4.78 is 0. The lowest BCUT2D eigenvalue weighted by Crippen LogP contribution is -2.53. The molecule has 0 aromatic carbocycles. The van der Waals surface area contributed by atoms with Gasteiger partial charge in [-0.25, -0.2) is 4.98 Å². The third-order valence-electron chi connectivity index (χ3n) is 4.07. The Labute approximate surface area is 119 Å². The molecule has 0 aliphatic carbocycles. The van der Waals surface area contributed by atoms with Crippen LogP contribution in [0.25, 0.3) is 0 Å². The van der Waals surface area contributed by atoms with E-state index in [1.807, 2.05) is 12.1 Å². The van der Waals surface area contributed by atoms with Crippen molar-refractivity contribution in [3.63, 3.8) is 0 Å². The number of anilines is 1. The van der Waals surface area contributed by atoms with Gasteiger partial charge in [-0.1, -0.05) is 12.8 Å². The average molecular weight is 275 g/mol. The van der Waals surface area contributed by atoms with Crippen molar-refractivity contribution in [2.75, 3.05) is 31.1 Å². The van der Waals surface area contributed by atoms with E-state index in [2.05, 4.69) is 9.88 Å². The Balaban J connectivity index is 1.66. The molecule has 0 atom stereocenters. The van der Waals surface area contributed by atoms with Gasteiger partial charge in [-0.3, -0.25) is 4.79 Å². The van der Waals surface area contributed by atoms with Crippen LogP contribution in [0.3, 0.4) is 0 Å². The minimum atomic E-state index is -0.358. The number of rotatable bonds is 2. The number of carbonyl (C=O) groups excluding carboxylic acids is 1. The molecule has 1 N–H and O–H groups in total. The number of β-amino-alcohol motifs (C(OH)–C–C–N with tert-alkyl or cyclic N) is 1. The highest BCUT2D eigenvalue weighted by Gasteiger charge is 2.29. The van der Waals surface area contributed by atoms with Crippen LogP contribution in [-0.4, -0.2) is 53.2 Å². The van der Waals surface area contributed by atoms with Crippen LogP contribution in [0.15, 0.2) is 18.3 Å². The lowest BCUT2D eigenvalue weighted by atomic mass is 10.1. The fourth-order valence-electron chi connectivity index (χ4n) is 2.80. The number of aliphatic hydroxyl groups excluding tert-OH is 1. The Hall–Kier alpha value is -1.62. The Kier molecular flexibility index (Phi) is 3.87. The molecule has 1 aromatic rings. The molecule has 1 amide bonds. The van der Waals surface area contributed by atoms with Crippen molar-refractivity contribution in [3.05, 3.63) is 23.9 Å². The molecular formula is C15H21N3O2. The number of nitrogens with zero attached hydrogens (tertiary/aromatic N) is 3. The fourth-order valence-corrected chi connectivity index (χ4v) is 2.80. The van der Waals surface area contributed by atoms with Gasteiger partial charge < -0.3 is 14.9 Å². The molecular weight excluding hydrogens is 254 g/mol. The molecule has 5 nitrogen and oxygen atoms in total. The molecule has 1 aromatic heterocycles. The number of likely N-dealkylation sites (tertiary alicyclic amines) is 1. The van der Waals surface area contributed by atoms with Gasteiger partial charge in [0.2, 0.25) is 0 Å². The van der Waals surface area contributed by atoms with E-state index in [0.717, 1.165) is 18.9 Å². The van der Waals surface area contributed by atoms with Crippen LogP contribution < -0.4 is 4.90 Å². The van der Waals surface area contributed by atoms with Crippen molar-refractivity contribution >= 4 is 11.7 Å². The van der Waals surface area contributed by atoms with E-state index >= 15 is 0 Å². The zero-order valence-electron chi connectivity index (χ0n) is 11.7. The molecule has 0 bridgehead atoms. The molecule has 0 saturated carbocycles. The fraction of sp³-hybridized carbons (Fsp3) is 0.600. The molecule has 0 unspecified atom stereocenters. The smallest absolute Gasteiger partial charge is 0.255 e. The Morgan fingerprint density at radius 2 is 1.85 bits per heavy atom. The van der Waals surface area contributed by atoms with Gasteiger partial charge in [0.15, 0.2) is 0 Å². The van der Waals surface area contributed by atoms with Crippen LogP contribution >= 0.6 is 0 Å². The molecule has 2 saturated heterocycles. The summed E-state index contributed by atoms with van der Waals surface area (Å²) in [6, 6.07) is 3.79. The van der Waals surface area contributed by atoms with Crippen LogP contribution in [0.2, 0.25) is 0 Å². The summed E-state index contributed by atoms with van der Waals surface area (Å²) in [4.78, 5) is 20.5. The first-order valence-electron chi connectivity index (χ1n) is 7.42. The summed E-state index contributed by atoms with van der Waals surface area (Å²) in [5, 5.41) is 9.24. The van der Waals surface area contributed by atoms with Gasteiger partial charge in [0.05, 0.1) is 11.7 Å². The number of aromatic nitrogens is 1. The number of aliphatic hydroxyl groups is 1. The van der Waals surface area contributed by atoms with Crippen molar-refractivity contribution < 1.29 is 9.90 Å². The molecule has 3 rings (SSSR count). The lowest BCUT2D eigenvalue weighted by molar-refractivity contribution is 0.00587. The van der Waals surface area contributed by atoms with Gasteiger partial charge in [-0.05, 0) is 25.0 Å². The highest BCUT2D eigenvalue weighted by Crippen LogP contribution is 2.19. The van der Waals surface area contributed by atoms with Crippen molar-refractivity contribution in [1.29, 1.82) is 0 Å². The monoisotopic (exact) mass is 275 g/mol. The maximum atomic E-state index is 12.1. The van der Waals surface area contributed by atoms with Gasteiger partial charge in [-0.2, -0.15) is 0 Å². The molecule has 20 heavy (non-hydrogen) atoms. The number of carbonyl (C=O) groups is 1. The summed E-state index contributed by atoms with van der Waals surface area (Å²) in [5.41, 5.74) is 0.607. The first kappa shape index (κ1) is 13.4. The quantitative estimate of drug-likeness (QED) is 0.883. The largest absolute Gasteiger partial charge is 0.389 e. The second-order valence-corrected chi connectivity index (χ2v) is 5.67. The number of hydrogen-bond donors (Lipinski definition) is 1. The minimum Gasteiger partial charge on any atom is -0.389 e. The maximum absolute atomic E-state index is 12.1. The molecule has 0 radical (unpaired) electrons. The van der Waals surface area contributed by atoms with Gasteiger partial charge in [0, 0.05) is 32.4 Å². The van der Waals surface area contributed by atoms with Crippen LogP contribution in [0.1, 0.15) is 36.0 Å². The van der Waals surface area contributed by atoms with Crippen LogP contribution in [-0.2, 0) is 0 Å². The Morgan fingerprint density at radius 3 is 2.40 bits per heavy atom. The number of hydrogen-bond acceptors (Lipinski definition) is 4. The molecule has 2 aliphatic heterocycles. The van der Waals surface area contributed by atoms with Crippen molar-refractivity contribution in [2.24, 2.45) is 0 Å². The number of pyridine rings is 1. The van der Waals surface area contributed by atoms with Gasteiger partial charge in [0.1, 0.15) is 5.82 Å². The topological polar surface area (TPSA) is 56.7 Å². The summed E-state index contributed by atoms with van der Waals surface area (Å²) >= 11 is 0. The molecule has 0 spiro atoms. The van der Waals surface area contributed by atoms with Crippen molar-refractivity contribution in [3.8, 4) is 0 Å². The van der Waals surface area contributed by atoms with Crippen LogP contribution in [0.5, 0.6) is 0 Å². The van der Waals surface area contributed by atoms with Gasteiger partial charge in [0.25, 0.3) is 5.91 Å². The third-order valence-corrected chi connectivity index (χ3v) is 4.07. The molecule has 3 heterocycles. The summed E-state index contributed by atoms with van der Waals surface area (Å²) in [5.74, 6) is 0.928. The minimum absolute atomic E-state index is 0.0368. The van der Waals surface area contributed by atoms with Gasteiger partial charge in [-0.15, -0.1) is 0 Å². The average Bonchev–Trinajstić information content (AvgIpc) is 2.72. The van der Waals surface area contributed by atoms with Crippen LogP contribution in [0.4, 0.5) is 5.82 Å². The highest BCUT2D eigenvalue weighted by atomic mass is 16.3. The molecule has 2 aliphatic rings. The lowest BCUT2D eigenvalue weighted by Gasteiger charge is -2.35. The summed E-state index contributed by atoms with van der Waals surface area (Å²) in [7, 11) is 0. The third kappa shape index (κ3) is 2.77. The van der Waals surface area contributed by atoms with Crippen LogP contribution in [0, 0.1) is 0 Å². The predicted octanol–water partition coefficient (Wildman–Crippen LogP) is 1.28. The first-order chi connectivity index (χ1) is 9.74. The predicted molar refractivity (Wildman–Crippen MR) is 76.8 cm³/mol. The highest BCUT2D eigenvalue weighted by molar-refractivity contribution is 5.94. The van der Waals surface area contributed by atoms with E-state index in [0.29, 0.717) is 18.7 Å². The Bertz CT molecular complexity index is 461. The standard InChI is InChI=1S/C15H21N3O2/c19-13-10-18(11-13)15(20)12-5-6-14(16-9-12)17-7-3-1-2-4-8-17/h5-6,9,13,19H,1-4,7-8,10-11H2. The first-order valence-corrected chi connectivity index (χ1v) is 7.42. The van der Waals surface area contributed by atoms with E-state index in [-0.39, 0.29) is 12.0 Å². The molecule has 108 valence electrons. The molecule has 2 fully saturated rings. The zero-order valence-corrected chi connectivity index (χ0v) is 11.7. The Morgan fingerprint density at radius 1 is 1.15 bits per heavy atom. The van der Waals surface area contributed by atoms with E-state index in [4.69, 9.17) is 0 Å². The molecule has 5 heteroatoms. The second-order valence-electron chi connectivity index (χ2n) is 5.67. The SMILES string of the molecule is O=C(c1ccc(N2CCCCCC2)nc1)N1CC(O)C1. The van der Waals surface area contributed by atoms with E-state index in [1.165, 1.54) is 25.7 Å². The summed E-state index contributed by atoms with van der Waals surface area (Å²) in [6.07, 6.45) is 6.33. The van der Waals surface area contributed by atoms with Crippen molar-refractivity contribution in [1.82, 2.24) is 9.88 Å². The van der Waals surface area contributed by atoms with E-state index in [9.17, 15) is 9.90 Å². The van der Waals surface area contributed by atoms with Crippen molar-refractivity contribution in [2.45, 2.75) is 31.8 Å². The summed E-state index contributed by atoms with van der Waals surface area (Å²) in [6.45, 7) is 2.98.